The van der Waals surface area contributed by atoms with Gasteiger partial charge in [0.1, 0.15) is 6.10 Å². The summed E-state index contributed by atoms with van der Waals surface area (Å²) >= 11 is 0. The van der Waals surface area contributed by atoms with E-state index in [4.69, 9.17) is 24.4 Å². The third-order valence-electron chi connectivity index (χ3n) is 6.78. The van der Waals surface area contributed by atoms with Crippen LogP contribution in [0.25, 0.3) is 0 Å². The maximum absolute atomic E-state index is 10.6. The topological polar surface area (TPSA) is 87.1 Å². The molecular weight excluding hydrogens is 444 g/mol. The van der Waals surface area contributed by atoms with Gasteiger partial charge >= 0.3 is 0 Å². The van der Waals surface area contributed by atoms with Crippen LogP contribution in [0.5, 0.6) is 11.5 Å². The summed E-state index contributed by atoms with van der Waals surface area (Å²) in [6.45, 7) is 12.9. The number of aliphatic hydroxyl groups is 1. The largest absolute Gasteiger partial charge is 0.493 e. The van der Waals surface area contributed by atoms with E-state index in [1.165, 1.54) is 0 Å². The zero-order valence-electron chi connectivity index (χ0n) is 21.6. The van der Waals surface area contributed by atoms with Crippen molar-refractivity contribution in [1.82, 2.24) is 15.0 Å². The molecule has 35 heavy (non-hydrogen) atoms. The molecule has 1 N–H and O–H groups in total. The number of nitrogens with zero attached hydrogens (tertiary/aromatic N) is 6. The highest BCUT2D eigenvalue weighted by molar-refractivity contribution is 5.55. The molecule has 190 valence electrons. The molecule has 0 spiro atoms. The van der Waals surface area contributed by atoms with Crippen molar-refractivity contribution in [1.29, 1.82) is 0 Å². The predicted molar refractivity (Wildman–Crippen MR) is 139 cm³/mol. The Balaban J connectivity index is 1.80. The Morgan fingerprint density at radius 3 is 2.29 bits per heavy atom. The smallest absolute Gasteiger partial charge is 0.232 e. The molecule has 0 radical (unpaired) electrons. The molecule has 1 aromatic heterocycles. The Kier molecular flexibility index (Phi) is 7.95. The Hall–Kier alpha value is -3.07. The summed E-state index contributed by atoms with van der Waals surface area (Å²) in [6.07, 6.45) is 4.47. The number of aliphatic hydroxyl groups excluding tert-OH is 1. The fraction of sp³-hybridized carbons (Fsp3) is 0.577. The summed E-state index contributed by atoms with van der Waals surface area (Å²) in [4.78, 5) is 21.1. The van der Waals surface area contributed by atoms with Gasteiger partial charge < -0.3 is 29.3 Å². The average molecular weight is 483 g/mol. The van der Waals surface area contributed by atoms with Crippen LogP contribution in [0.1, 0.15) is 45.2 Å². The van der Waals surface area contributed by atoms with Crippen LogP contribution in [0, 0.1) is 0 Å². The molecule has 9 nitrogen and oxygen atoms in total. The highest BCUT2D eigenvalue weighted by Crippen LogP contribution is 2.41. The molecule has 0 fully saturated rings. The fourth-order valence-corrected chi connectivity index (χ4v) is 4.77. The zero-order chi connectivity index (χ0) is 24.9. The van der Waals surface area contributed by atoms with E-state index in [9.17, 15) is 5.11 Å². The molecule has 0 amide bonds. The average Bonchev–Trinajstić information content (AvgIpc) is 3.27. The minimum atomic E-state index is -0.584. The second-order valence-corrected chi connectivity index (χ2v) is 8.87. The normalized spacial score (nSPS) is 20.1. The van der Waals surface area contributed by atoms with Crippen molar-refractivity contribution in [2.75, 3.05) is 54.5 Å². The molecule has 4 rings (SSSR count). The number of hydrogen-bond donors (Lipinski definition) is 1. The summed E-state index contributed by atoms with van der Waals surface area (Å²) in [7, 11) is 1.66. The molecular formula is C26H38N6O3. The van der Waals surface area contributed by atoms with Gasteiger partial charge in [-0.2, -0.15) is 15.0 Å². The van der Waals surface area contributed by atoms with Gasteiger partial charge in [-0.25, -0.2) is 0 Å². The molecule has 9 heteroatoms. The van der Waals surface area contributed by atoms with Crippen molar-refractivity contribution >= 4 is 17.8 Å². The second kappa shape index (κ2) is 11.1. The standard InChI is InChI=1S/C26H38N6O3/c1-6-30(7-2)24-27-25(31(8-3)9-4)29-26(28-24)32-14-10-11-19(33)15-20-16-21-18(17-32)12-13-22(34-5)23(21)35-20/h10-13,19-20,33H,6-9,14-17H2,1-5H3/b11-10+/t19-,20?/m0/s1. The lowest BCUT2D eigenvalue weighted by molar-refractivity contribution is 0.133. The van der Waals surface area contributed by atoms with Gasteiger partial charge in [-0.15, -0.1) is 0 Å². The maximum Gasteiger partial charge on any atom is 0.232 e. The number of benzene rings is 1. The fourth-order valence-electron chi connectivity index (χ4n) is 4.77. The number of methoxy groups -OCH3 is 1. The first-order valence-electron chi connectivity index (χ1n) is 12.7. The first kappa shape index (κ1) is 25.0. The van der Waals surface area contributed by atoms with Crippen molar-refractivity contribution in [2.45, 2.75) is 59.3 Å². The van der Waals surface area contributed by atoms with Crippen molar-refractivity contribution < 1.29 is 14.6 Å². The highest BCUT2D eigenvalue weighted by Gasteiger charge is 2.31. The van der Waals surface area contributed by atoms with Crippen molar-refractivity contribution in [3.63, 3.8) is 0 Å². The molecule has 2 aliphatic rings. The summed E-state index contributed by atoms with van der Waals surface area (Å²) in [6, 6.07) is 4.06. The number of fused-ring (bicyclic) bond motifs is 1. The summed E-state index contributed by atoms with van der Waals surface area (Å²) < 4.78 is 11.8. The van der Waals surface area contributed by atoms with E-state index < -0.39 is 6.10 Å². The quantitative estimate of drug-likeness (QED) is 0.570. The lowest BCUT2D eigenvalue weighted by Crippen LogP contribution is -2.32. The van der Waals surface area contributed by atoms with Crippen molar-refractivity contribution in [2.24, 2.45) is 0 Å². The van der Waals surface area contributed by atoms with Crippen LogP contribution in [0.3, 0.4) is 0 Å². The van der Waals surface area contributed by atoms with E-state index in [0.717, 1.165) is 55.2 Å². The van der Waals surface area contributed by atoms with Crippen molar-refractivity contribution in [3.8, 4) is 11.5 Å². The second-order valence-electron chi connectivity index (χ2n) is 8.87. The zero-order valence-corrected chi connectivity index (χ0v) is 21.6. The van der Waals surface area contributed by atoms with Crippen LogP contribution in [-0.2, 0) is 13.0 Å². The van der Waals surface area contributed by atoms with Gasteiger partial charge in [0.15, 0.2) is 11.5 Å². The van der Waals surface area contributed by atoms with Gasteiger partial charge in [0, 0.05) is 57.7 Å². The van der Waals surface area contributed by atoms with E-state index >= 15 is 0 Å². The summed E-state index contributed by atoms with van der Waals surface area (Å²) in [5.74, 6) is 3.51. The van der Waals surface area contributed by atoms with Gasteiger partial charge in [0.25, 0.3) is 0 Å². The molecule has 0 saturated heterocycles. The predicted octanol–water partition coefficient (Wildman–Crippen LogP) is 3.20. The third kappa shape index (κ3) is 5.29. The van der Waals surface area contributed by atoms with E-state index in [1.807, 2.05) is 18.2 Å². The Bertz CT molecular complexity index is 1010. The van der Waals surface area contributed by atoms with E-state index in [2.05, 4.69) is 48.5 Å². The SMILES string of the molecule is CCN(CC)c1nc(N(CC)CC)nc(N2C/C=C/[C@H](O)CC3Cc4c(ccc(OC)c4O3)C2)n1. The number of ether oxygens (including phenoxy) is 2. The molecule has 2 aromatic rings. The molecule has 3 heterocycles. The lowest BCUT2D eigenvalue weighted by Gasteiger charge is -2.27. The molecule has 2 bridgehead atoms. The first-order chi connectivity index (χ1) is 17.0. The minimum absolute atomic E-state index is 0.0769. The number of hydrogen-bond acceptors (Lipinski definition) is 9. The van der Waals surface area contributed by atoms with Gasteiger partial charge in [-0.3, -0.25) is 0 Å². The van der Waals surface area contributed by atoms with Crippen LogP contribution in [0.4, 0.5) is 17.8 Å². The summed E-state index contributed by atoms with van der Waals surface area (Å²) in [5.41, 5.74) is 2.29. The lowest BCUT2D eigenvalue weighted by atomic mass is 10.00. The van der Waals surface area contributed by atoms with E-state index in [-0.39, 0.29) is 6.10 Å². The van der Waals surface area contributed by atoms with Crippen LogP contribution in [0.15, 0.2) is 24.3 Å². The maximum atomic E-state index is 10.6. The number of aromatic nitrogens is 3. The monoisotopic (exact) mass is 482 g/mol. The molecule has 2 aliphatic heterocycles. The number of rotatable bonds is 8. The van der Waals surface area contributed by atoms with Gasteiger partial charge in [0.05, 0.1) is 13.2 Å². The van der Waals surface area contributed by atoms with E-state index in [1.54, 1.807) is 7.11 Å². The minimum Gasteiger partial charge on any atom is -0.493 e. The van der Waals surface area contributed by atoms with Crippen LogP contribution in [-0.4, -0.2) is 72.1 Å². The van der Waals surface area contributed by atoms with Crippen LogP contribution < -0.4 is 24.2 Å². The summed E-state index contributed by atoms with van der Waals surface area (Å²) in [5, 5.41) is 10.6. The number of anilines is 3. The Morgan fingerprint density at radius 1 is 1.03 bits per heavy atom. The first-order valence-corrected chi connectivity index (χ1v) is 12.7. The molecule has 0 saturated carbocycles. The molecule has 0 aliphatic carbocycles. The van der Waals surface area contributed by atoms with Gasteiger partial charge in [-0.05, 0) is 39.3 Å². The highest BCUT2D eigenvalue weighted by atomic mass is 16.5. The molecule has 1 aromatic carbocycles. The van der Waals surface area contributed by atoms with E-state index in [0.29, 0.717) is 37.4 Å². The van der Waals surface area contributed by atoms with Crippen LogP contribution >= 0.6 is 0 Å². The molecule has 2 atom stereocenters. The van der Waals surface area contributed by atoms with Crippen LogP contribution in [0.2, 0.25) is 0 Å². The Labute approximate surface area is 208 Å². The third-order valence-corrected chi connectivity index (χ3v) is 6.78. The van der Waals surface area contributed by atoms with Gasteiger partial charge in [0.2, 0.25) is 17.8 Å². The molecule has 1 unspecified atom stereocenters. The Morgan fingerprint density at radius 2 is 1.69 bits per heavy atom. The van der Waals surface area contributed by atoms with Crippen molar-refractivity contribution in [3.05, 3.63) is 35.4 Å². The van der Waals surface area contributed by atoms with Gasteiger partial charge in [-0.1, -0.05) is 18.2 Å².